The van der Waals surface area contributed by atoms with Crippen LogP contribution in [0.15, 0.2) is 48.5 Å². The Morgan fingerprint density at radius 2 is 1.91 bits per heavy atom. The van der Waals surface area contributed by atoms with Crippen LogP contribution in [0.4, 0.5) is 9.18 Å². The smallest absolute Gasteiger partial charge is 0.407 e. The highest BCUT2D eigenvalue weighted by Gasteiger charge is 2.23. The summed E-state index contributed by atoms with van der Waals surface area (Å²) in [5.41, 5.74) is 0.486. The van der Waals surface area contributed by atoms with Gasteiger partial charge >= 0.3 is 12.1 Å². The van der Waals surface area contributed by atoms with Crippen molar-refractivity contribution in [1.82, 2.24) is 25.5 Å². The Balaban J connectivity index is 1.62. The summed E-state index contributed by atoms with van der Waals surface area (Å²) in [6, 6.07) is 13.3. The highest BCUT2D eigenvalue weighted by Crippen LogP contribution is 2.23. The summed E-state index contributed by atoms with van der Waals surface area (Å²) >= 11 is 0. The topological polar surface area (TPSA) is 128 Å². The second kappa shape index (κ2) is 11.4. The molecule has 0 aliphatic rings. The van der Waals surface area contributed by atoms with Crippen molar-refractivity contribution in [1.29, 1.82) is 0 Å². The van der Waals surface area contributed by atoms with Crippen LogP contribution in [0.1, 0.15) is 32.8 Å². The molecule has 0 aliphatic carbocycles. The molecule has 0 radical (unpaired) electrons. The highest BCUT2D eigenvalue weighted by molar-refractivity contribution is 5.71. The fourth-order valence-electron chi connectivity index (χ4n) is 3.17. The van der Waals surface area contributed by atoms with Crippen LogP contribution < -0.4 is 10.1 Å². The second-order valence-corrected chi connectivity index (χ2v) is 8.83. The lowest BCUT2D eigenvalue weighted by atomic mass is 10.1. The average molecular weight is 486 g/mol. The predicted octanol–water partition coefficient (Wildman–Crippen LogP) is 3.47. The molecule has 2 aromatic carbocycles. The van der Waals surface area contributed by atoms with E-state index in [9.17, 15) is 14.0 Å². The van der Waals surface area contributed by atoms with Gasteiger partial charge in [-0.1, -0.05) is 30.3 Å². The minimum absolute atomic E-state index is 0.0182. The van der Waals surface area contributed by atoms with Crippen LogP contribution in [0.2, 0.25) is 0 Å². The van der Waals surface area contributed by atoms with E-state index in [1.807, 2.05) is 30.3 Å². The van der Waals surface area contributed by atoms with E-state index in [1.165, 1.54) is 12.1 Å². The van der Waals surface area contributed by atoms with Crippen LogP contribution in [0.3, 0.4) is 0 Å². The first-order chi connectivity index (χ1) is 16.6. The lowest BCUT2D eigenvalue weighted by Gasteiger charge is -2.22. The quantitative estimate of drug-likeness (QED) is 0.447. The Kier molecular flexibility index (Phi) is 8.34. The number of carbonyl (C=O) groups excluding carboxylic acids is 1. The summed E-state index contributed by atoms with van der Waals surface area (Å²) in [5, 5.41) is 23.5. The Bertz CT molecular complexity index is 1150. The van der Waals surface area contributed by atoms with E-state index in [-0.39, 0.29) is 24.4 Å². The summed E-state index contributed by atoms with van der Waals surface area (Å²) in [7, 11) is 0. The van der Waals surface area contributed by atoms with Crippen molar-refractivity contribution in [2.75, 3.05) is 6.61 Å². The third-order valence-electron chi connectivity index (χ3n) is 4.66. The summed E-state index contributed by atoms with van der Waals surface area (Å²) < 4.78 is 25.5. The molecule has 186 valence electrons. The van der Waals surface area contributed by atoms with E-state index in [1.54, 1.807) is 26.8 Å². The number of nitrogens with zero attached hydrogens (tertiary/aromatic N) is 4. The van der Waals surface area contributed by atoms with Gasteiger partial charge in [0, 0.05) is 12.5 Å². The van der Waals surface area contributed by atoms with Gasteiger partial charge in [0.15, 0.2) is 0 Å². The molecule has 1 aromatic heterocycles. The summed E-state index contributed by atoms with van der Waals surface area (Å²) in [4.78, 5) is 24.4. The Morgan fingerprint density at radius 1 is 1.17 bits per heavy atom. The van der Waals surface area contributed by atoms with Gasteiger partial charge in [-0.05, 0) is 43.7 Å². The number of halogens is 1. The first kappa shape index (κ1) is 25.6. The van der Waals surface area contributed by atoms with Gasteiger partial charge in [0.25, 0.3) is 0 Å². The van der Waals surface area contributed by atoms with E-state index in [2.05, 4.69) is 20.7 Å². The number of carboxylic acid groups (broad SMARTS) is 1. The third-order valence-corrected chi connectivity index (χ3v) is 4.66. The number of rotatable bonds is 10. The summed E-state index contributed by atoms with van der Waals surface area (Å²) in [6.45, 7) is 5.38. The van der Waals surface area contributed by atoms with Crippen LogP contribution >= 0.6 is 0 Å². The van der Waals surface area contributed by atoms with Crippen molar-refractivity contribution in [2.24, 2.45) is 0 Å². The van der Waals surface area contributed by atoms with Gasteiger partial charge in [-0.2, -0.15) is 4.80 Å². The van der Waals surface area contributed by atoms with Crippen molar-refractivity contribution < 1.29 is 28.6 Å². The van der Waals surface area contributed by atoms with Gasteiger partial charge in [-0.3, -0.25) is 4.79 Å². The number of aromatic nitrogens is 4. The van der Waals surface area contributed by atoms with Crippen LogP contribution in [0.5, 0.6) is 5.75 Å². The maximum atomic E-state index is 14.7. The zero-order valence-electron chi connectivity index (χ0n) is 19.8. The van der Waals surface area contributed by atoms with E-state index in [0.29, 0.717) is 18.8 Å². The van der Waals surface area contributed by atoms with E-state index in [0.717, 1.165) is 10.4 Å². The molecule has 0 bridgehead atoms. The van der Waals surface area contributed by atoms with Gasteiger partial charge in [-0.25, -0.2) is 9.18 Å². The number of carboxylic acids is 1. The lowest BCUT2D eigenvalue weighted by Crippen LogP contribution is -2.42. The van der Waals surface area contributed by atoms with Crippen molar-refractivity contribution in [2.45, 2.75) is 51.8 Å². The number of amides is 1. The van der Waals surface area contributed by atoms with Crippen LogP contribution in [-0.2, 0) is 22.5 Å². The van der Waals surface area contributed by atoms with Crippen molar-refractivity contribution >= 4 is 12.1 Å². The number of aliphatic carboxylic acids is 1. The molecule has 0 saturated carbocycles. The molecule has 35 heavy (non-hydrogen) atoms. The number of ether oxygens (including phenoxy) is 2. The van der Waals surface area contributed by atoms with E-state index >= 15 is 0 Å². The second-order valence-electron chi connectivity index (χ2n) is 8.83. The number of tetrazole rings is 1. The third kappa shape index (κ3) is 8.36. The minimum Gasteiger partial charge on any atom is -0.493 e. The van der Waals surface area contributed by atoms with Gasteiger partial charge < -0.3 is 19.9 Å². The fraction of sp³-hybridized carbons (Fsp3) is 0.375. The maximum absolute atomic E-state index is 14.7. The molecular formula is C24H28FN5O5. The zero-order chi connectivity index (χ0) is 25.4. The molecule has 3 rings (SSSR count). The molecular weight excluding hydrogens is 457 g/mol. The molecule has 1 heterocycles. The molecule has 1 unspecified atom stereocenters. The Hall–Kier alpha value is -4.02. The minimum atomic E-state index is -1.12. The number of nitrogens with one attached hydrogen (secondary N) is 1. The Morgan fingerprint density at radius 3 is 2.57 bits per heavy atom. The van der Waals surface area contributed by atoms with Gasteiger partial charge in [0.1, 0.15) is 17.2 Å². The SMILES string of the molecule is CC(C)(C)OC(=O)NC(CC(=O)O)Cn1nnc(-c2ccc(OCCc3ccccc3)cc2F)n1. The predicted molar refractivity (Wildman–Crippen MR) is 124 cm³/mol. The monoisotopic (exact) mass is 485 g/mol. The van der Waals surface area contributed by atoms with E-state index in [4.69, 9.17) is 14.6 Å². The van der Waals surface area contributed by atoms with Gasteiger partial charge in [0.2, 0.25) is 5.82 Å². The molecule has 0 fully saturated rings. The first-order valence-corrected chi connectivity index (χ1v) is 11.0. The standard InChI is InChI=1S/C24H28FN5O5/c1-24(2,3)35-23(33)26-17(13-21(31)32)15-30-28-22(27-29-30)19-10-9-18(14-20(19)25)34-12-11-16-7-5-4-6-8-16/h4-10,14,17H,11-13,15H2,1-3H3,(H,26,33)(H,31,32). The number of carbonyl (C=O) groups is 2. The number of hydrogen-bond acceptors (Lipinski definition) is 7. The highest BCUT2D eigenvalue weighted by atomic mass is 19.1. The van der Waals surface area contributed by atoms with Crippen LogP contribution in [0.25, 0.3) is 11.4 Å². The Labute approximate surface area is 202 Å². The first-order valence-electron chi connectivity index (χ1n) is 11.0. The molecule has 1 amide bonds. The molecule has 11 heteroatoms. The zero-order valence-corrected chi connectivity index (χ0v) is 19.8. The molecule has 0 spiro atoms. The molecule has 0 saturated heterocycles. The molecule has 0 aliphatic heterocycles. The average Bonchev–Trinajstić information content (AvgIpc) is 3.20. The van der Waals surface area contributed by atoms with Crippen LogP contribution in [0, 0.1) is 5.82 Å². The van der Waals surface area contributed by atoms with Crippen molar-refractivity contribution in [3.05, 3.63) is 59.9 Å². The molecule has 1 atom stereocenters. The molecule has 10 nitrogen and oxygen atoms in total. The van der Waals surface area contributed by atoms with Crippen molar-refractivity contribution in [3.8, 4) is 17.1 Å². The van der Waals surface area contributed by atoms with Crippen molar-refractivity contribution in [3.63, 3.8) is 0 Å². The number of benzene rings is 2. The van der Waals surface area contributed by atoms with Gasteiger partial charge in [0.05, 0.1) is 31.2 Å². The summed E-state index contributed by atoms with van der Waals surface area (Å²) in [5.74, 6) is -1.32. The van der Waals surface area contributed by atoms with E-state index < -0.39 is 29.5 Å². The number of hydrogen-bond donors (Lipinski definition) is 2. The fourth-order valence-corrected chi connectivity index (χ4v) is 3.17. The maximum Gasteiger partial charge on any atom is 0.407 e. The molecule has 3 aromatic rings. The number of alkyl carbamates (subject to hydrolysis) is 1. The van der Waals surface area contributed by atoms with Gasteiger partial charge in [-0.15, -0.1) is 10.2 Å². The van der Waals surface area contributed by atoms with Crippen LogP contribution in [-0.4, -0.2) is 55.6 Å². The summed E-state index contributed by atoms with van der Waals surface area (Å²) in [6.07, 6.45) is -0.466. The molecule has 2 N–H and O–H groups in total. The lowest BCUT2D eigenvalue weighted by molar-refractivity contribution is -0.137. The normalized spacial score (nSPS) is 12.1. The largest absolute Gasteiger partial charge is 0.493 e.